The van der Waals surface area contributed by atoms with E-state index in [0.29, 0.717) is 12.1 Å². The molecular weight excluding hydrogens is 292 g/mol. The van der Waals surface area contributed by atoms with Gasteiger partial charge in [-0.2, -0.15) is 0 Å². The summed E-state index contributed by atoms with van der Waals surface area (Å²) in [5, 5.41) is 13.0. The molecule has 6 heteroatoms. The summed E-state index contributed by atoms with van der Waals surface area (Å²) in [6.45, 7) is 1.74. The number of rotatable bonds is 4. The summed E-state index contributed by atoms with van der Waals surface area (Å²) in [6.07, 6.45) is 3.17. The Morgan fingerprint density at radius 1 is 1.43 bits per heavy atom. The van der Waals surface area contributed by atoms with Gasteiger partial charge in [-0.15, -0.1) is 0 Å². The van der Waals surface area contributed by atoms with Crippen LogP contribution in [0.15, 0.2) is 18.2 Å². The lowest BCUT2D eigenvalue weighted by Gasteiger charge is -2.39. The van der Waals surface area contributed by atoms with Crippen molar-refractivity contribution in [2.45, 2.75) is 38.6 Å². The molecule has 1 aliphatic rings. The summed E-state index contributed by atoms with van der Waals surface area (Å²) >= 11 is 6.02. The number of carbonyl (C=O) groups is 2. The van der Waals surface area contributed by atoms with E-state index < -0.39 is 17.3 Å². The van der Waals surface area contributed by atoms with Crippen LogP contribution >= 0.6 is 11.6 Å². The minimum Gasteiger partial charge on any atom is -0.481 e. The molecule has 1 amide bonds. The Morgan fingerprint density at radius 3 is 2.76 bits per heavy atom. The molecule has 2 unspecified atom stereocenters. The molecule has 2 rings (SSSR count). The summed E-state index contributed by atoms with van der Waals surface area (Å²) in [4.78, 5) is 23.2. The number of nitrogens with one attached hydrogen (secondary N) is 1. The van der Waals surface area contributed by atoms with Crippen LogP contribution in [0.4, 0.5) is 5.69 Å². The third-order valence-corrected chi connectivity index (χ3v) is 4.60. The zero-order valence-corrected chi connectivity index (χ0v) is 12.6. The molecule has 5 nitrogen and oxygen atoms in total. The molecule has 0 heterocycles. The molecule has 1 aromatic carbocycles. The second kappa shape index (κ2) is 5.93. The van der Waals surface area contributed by atoms with Gasteiger partial charge in [-0.05, 0) is 31.9 Å². The van der Waals surface area contributed by atoms with Crippen LogP contribution in [0.5, 0.6) is 0 Å². The molecule has 1 aliphatic carbocycles. The van der Waals surface area contributed by atoms with E-state index in [1.165, 1.54) is 0 Å². The van der Waals surface area contributed by atoms with Gasteiger partial charge in [0.1, 0.15) is 0 Å². The monoisotopic (exact) mass is 310 g/mol. The number of carbonyl (C=O) groups excluding carboxylic acids is 1. The number of primary amides is 1. The molecule has 0 spiro atoms. The Bertz CT molecular complexity index is 576. The molecule has 0 aliphatic heterocycles. The van der Waals surface area contributed by atoms with E-state index >= 15 is 0 Å². The van der Waals surface area contributed by atoms with Crippen LogP contribution in [-0.2, 0) is 4.79 Å². The molecule has 1 saturated carbocycles. The minimum atomic E-state index is -0.866. The largest absolute Gasteiger partial charge is 0.481 e. The van der Waals surface area contributed by atoms with Gasteiger partial charge < -0.3 is 16.2 Å². The molecule has 0 bridgehead atoms. The molecule has 0 saturated heterocycles. The lowest BCUT2D eigenvalue weighted by molar-refractivity contribution is -0.150. The molecule has 4 N–H and O–H groups in total. The van der Waals surface area contributed by atoms with Crippen LogP contribution < -0.4 is 11.1 Å². The van der Waals surface area contributed by atoms with Gasteiger partial charge >= 0.3 is 5.97 Å². The SMILES string of the molecule is CC1(C(=O)O)CCCCC1Nc1cccc(Cl)c1C(N)=O. The van der Waals surface area contributed by atoms with Crippen LogP contribution in [0.3, 0.4) is 0 Å². The highest BCUT2D eigenvalue weighted by Gasteiger charge is 2.43. The number of nitrogens with two attached hydrogens (primary N) is 1. The zero-order valence-electron chi connectivity index (χ0n) is 11.9. The molecule has 1 aromatic rings. The molecule has 114 valence electrons. The van der Waals surface area contributed by atoms with Gasteiger partial charge in [-0.1, -0.05) is 30.5 Å². The highest BCUT2D eigenvalue weighted by atomic mass is 35.5. The van der Waals surface area contributed by atoms with Crippen LogP contribution in [0, 0.1) is 5.41 Å². The van der Waals surface area contributed by atoms with E-state index in [0.717, 1.165) is 19.3 Å². The number of halogens is 1. The number of carboxylic acids is 1. The molecule has 0 aromatic heterocycles. The Morgan fingerprint density at radius 2 is 2.14 bits per heavy atom. The fourth-order valence-corrected chi connectivity index (χ4v) is 3.17. The molecule has 0 radical (unpaired) electrons. The van der Waals surface area contributed by atoms with Gasteiger partial charge in [-0.25, -0.2) is 0 Å². The summed E-state index contributed by atoms with van der Waals surface area (Å²) in [7, 11) is 0. The van der Waals surface area contributed by atoms with E-state index in [9.17, 15) is 14.7 Å². The first-order chi connectivity index (χ1) is 9.86. The molecular formula is C15H19ClN2O3. The second-order valence-corrected chi connectivity index (χ2v) is 6.10. The lowest BCUT2D eigenvalue weighted by atomic mass is 9.71. The van der Waals surface area contributed by atoms with Gasteiger partial charge in [0, 0.05) is 11.7 Å². The normalized spacial score (nSPS) is 25.3. The number of anilines is 1. The van der Waals surface area contributed by atoms with Crippen molar-refractivity contribution in [1.29, 1.82) is 0 Å². The third-order valence-electron chi connectivity index (χ3n) is 4.29. The van der Waals surface area contributed by atoms with E-state index in [-0.39, 0.29) is 16.6 Å². The Kier molecular flexibility index (Phi) is 4.42. The molecule has 1 fully saturated rings. The van der Waals surface area contributed by atoms with Crippen molar-refractivity contribution < 1.29 is 14.7 Å². The molecule has 21 heavy (non-hydrogen) atoms. The Balaban J connectivity index is 2.35. The maximum absolute atomic E-state index is 11.6. The number of amides is 1. The standard InChI is InChI=1S/C15H19ClN2O3/c1-15(14(20)21)8-3-2-7-11(15)18-10-6-4-5-9(16)12(10)13(17)19/h4-6,11,18H,2-3,7-8H2,1H3,(H2,17,19)(H,20,21). The first-order valence-electron chi connectivity index (χ1n) is 6.94. The summed E-state index contributed by atoms with van der Waals surface area (Å²) in [5.41, 5.74) is 5.20. The average Bonchev–Trinajstić information content (AvgIpc) is 2.41. The van der Waals surface area contributed by atoms with Gasteiger partial charge in [0.25, 0.3) is 5.91 Å². The number of hydrogen-bond donors (Lipinski definition) is 3. The van der Waals surface area contributed by atoms with Crippen LogP contribution in [0.1, 0.15) is 43.0 Å². The lowest BCUT2D eigenvalue weighted by Crippen LogP contribution is -2.46. The summed E-state index contributed by atoms with van der Waals surface area (Å²) in [6, 6.07) is 4.73. The van der Waals surface area contributed by atoms with Crippen molar-refractivity contribution in [3.8, 4) is 0 Å². The fraction of sp³-hybridized carbons (Fsp3) is 0.467. The summed E-state index contributed by atoms with van der Waals surface area (Å²) < 4.78 is 0. The van der Waals surface area contributed by atoms with E-state index in [1.54, 1.807) is 25.1 Å². The highest BCUT2D eigenvalue weighted by molar-refractivity contribution is 6.34. The smallest absolute Gasteiger partial charge is 0.311 e. The zero-order chi connectivity index (χ0) is 15.6. The number of carboxylic acid groups (broad SMARTS) is 1. The van der Waals surface area contributed by atoms with Crippen LogP contribution in [0.25, 0.3) is 0 Å². The van der Waals surface area contributed by atoms with E-state index in [2.05, 4.69) is 5.32 Å². The van der Waals surface area contributed by atoms with E-state index in [1.807, 2.05) is 0 Å². The van der Waals surface area contributed by atoms with Crippen molar-refractivity contribution in [3.05, 3.63) is 28.8 Å². The van der Waals surface area contributed by atoms with Crippen molar-refractivity contribution in [2.75, 3.05) is 5.32 Å². The fourth-order valence-electron chi connectivity index (χ4n) is 2.90. The number of benzene rings is 1. The van der Waals surface area contributed by atoms with Crippen molar-refractivity contribution in [2.24, 2.45) is 11.1 Å². The average molecular weight is 311 g/mol. The Hall–Kier alpha value is -1.75. The third kappa shape index (κ3) is 2.97. The number of hydrogen-bond acceptors (Lipinski definition) is 3. The van der Waals surface area contributed by atoms with Crippen LogP contribution in [-0.4, -0.2) is 23.0 Å². The van der Waals surface area contributed by atoms with Gasteiger partial charge in [0.2, 0.25) is 0 Å². The quantitative estimate of drug-likeness (QED) is 0.797. The maximum atomic E-state index is 11.6. The van der Waals surface area contributed by atoms with Gasteiger partial charge in [0.15, 0.2) is 0 Å². The first kappa shape index (κ1) is 15.6. The molecule has 2 atom stereocenters. The van der Waals surface area contributed by atoms with E-state index in [4.69, 9.17) is 17.3 Å². The van der Waals surface area contributed by atoms with Gasteiger partial charge in [-0.3, -0.25) is 9.59 Å². The highest BCUT2D eigenvalue weighted by Crippen LogP contribution is 2.39. The van der Waals surface area contributed by atoms with Crippen LogP contribution in [0.2, 0.25) is 5.02 Å². The van der Waals surface area contributed by atoms with Gasteiger partial charge in [0.05, 0.1) is 16.0 Å². The summed E-state index contributed by atoms with van der Waals surface area (Å²) in [5.74, 6) is -1.46. The minimum absolute atomic E-state index is 0.206. The topological polar surface area (TPSA) is 92.4 Å². The predicted molar refractivity (Wildman–Crippen MR) is 81.6 cm³/mol. The Labute approximate surface area is 128 Å². The first-order valence-corrected chi connectivity index (χ1v) is 7.32. The predicted octanol–water partition coefficient (Wildman–Crippen LogP) is 2.88. The number of aliphatic carboxylic acids is 1. The van der Waals surface area contributed by atoms with Crippen molar-refractivity contribution >= 4 is 29.2 Å². The van der Waals surface area contributed by atoms with Crippen molar-refractivity contribution in [3.63, 3.8) is 0 Å². The maximum Gasteiger partial charge on any atom is 0.311 e. The second-order valence-electron chi connectivity index (χ2n) is 5.69. The van der Waals surface area contributed by atoms with Crippen molar-refractivity contribution in [1.82, 2.24) is 0 Å².